The summed E-state index contributed by atoms with van der Waals surface area (Å²) in [6, 6.07) is 26.4. The Bertz CT molecular complexity index is 1420. The van der Waals surface area contributed by atoms with Crippen LogP contribution in [0.25, 0.3) is 45.0 Å². The number of esters is 2. The largest absolute Gasteiger partial charge is 0.427 e. The molecule has 8 nitrogen and oxygen atoms in total. The molecule has 0 aliphatic heterocycles. The van der Waals surface area contributed by atoms with Gasteiger partial charge in [0, 0.05) is 25.0 Å². The van der Waals surface area contributed by atoms with E-state index in [1.807, 2.05) is 60.7 Å². The Morgan fingerprint density at radius 1 is 0.583 bits per heavy atom. The molecule has 8 heteroatoms. The number of hydrogen-bond donors (Lipinski definition) is 2. The maximum atomic E-state index is 11.1. The van der Waals surface area contributed by atoms with Gasteiger partial charge in [-0.05, 0) is 77.9 Å². The SMILES string of the molecule is CC(=O)Oc1ccc(-c2cc(-c3cccc(-c4cc(-c5ccc(OC(C)=O)cc5)[nH]n4)c3)n[nH]2)cc1. The molecule has 0 bridgehead atoms. The topological polar surface area (TPSA) is 110 Å². The van der Waals surface area contributed by atoms with Crippen LogP contribution in [0.2, 0.25) is 0 Å². The van der Waals surface area contributed by atoms with Crippen molar-refractivity contribution in [2.75, 3.05) is 0 Å². The van der Waals surface area contributed by atoms with Gasteiger partial charge in [0.1, 0.15) is 11.5 Å². The number of hydrogen-bond acceptors (Lipinski definition) is 6. The van der Waals surface area contributed by atoms with E-state index in [0.717, 1.165) is 45.0 Å². The van der Waals surface area contributed by atoms with Crippen molar-refractivity contribution >= 4 is 11.9 Å². The summed E-state index contributed by atoms with van der Waals surface area (Å²) < 4.78 is 10.2. The number of nitrogens with one attached hydrogen (secondary N) is 2. The molecule has 2 aromatic heterocycles. The van der Waals surface area contributed by atoms with Gasteiger partial charge < -0.3 is 9.47 Å². The van der Waals surface area contributed by atoms with E-state index in [1.165, 1.54) is 13.8 Å². The fourth-order valence-corrected chi connectivity index (χ4v) is 3.81. The first-order valence-electron chi connectivity index (χ1n) is 11.2. The van der Waals surface area contributed by atoms with Crippen molar-refractivity contribution in [2.45, 2.75) is 13.8 Å². The Kier molecular flexibility index (Phi) is 6.15. The summed E-state index contributed by atoms with van der Waals surface area (Å²) in [6.45, 7) is 2.74. The molecule has 178 valence electrons. The van der Waals surface area contributed by atoms with Crippen LogP contribution >= 0.6 is 0 Å². The molecular weight excluding hydrogens is 456 g/mol. The Labute approximate surface area is 206 Å². The van der Waals surface area contributed by atoms with Crippen LogP contribution in [0.3, 0.4) is 0 Å². The van der Waals surface area contributed by atoms with Crippen molar-refractivity contribution in [2.24, 2.45) is 0 Å². The highest BCUT2D eigenvalue weighted by molar-refractivity contribution is 5.75. The molecule has 0 aliphatic rings. The first kappa shape index (κ1) is 22.8. The van der Waals surface area contributed by atoms with Crippen molar-refractivity contribution in [3.8, 4) is 56.5 Å². The summed E-state index contributed by atoms with van der Waals surface area (Å²) in [5.74, 6) is 0.287. The number of ether oxygens (including phenoxy) is 2. The molecule has 0 unspecified atom stereocenters. The molecule has 36 heavy (non-hydrogen) atoms. The molecule has 3 aromatic carbocycles. The molecule has 0 aliphatic carbocycles. The summed E-state index contributed by atoms with van der Waals surface area (Å²) in [5.41, 5.74) is 7.05. The van der Waals surface area contributed by atoms with Gasteiger partial charge >= 0.3 is 11.9 Å². The maximum absolute atomic E-state index is 11.1. The summed E-state index contributed by atoms with van der Waals surface area (Å²) in [5, 5.41) is 15.1. The van der Waals surface area contributed by atoms with Crippen LogP contribution < -0.4 is 9.47 Å². The van der Waals surface area contributed by atoms with Gasteiger partial charge in [0.25, 0.3) is 0 Å². The fraction of sp³-hybridized carbons (Fsp3) is 0.0714. The van der Waals surface area contributed by atoms with Gasteiger partial charge in [-0.3, -0.25) is 19.8 Å². The van der Waals surface area contributed by atoms with E-state index in [0.29, 0.717) is 11.5 Å². The minimum atomic E-state index is -0.354. The van der Waals surface area contributed by atoms with Gasteiger partial charge in [-0.15, -0.1) is 0 Å². The van der Waals surface area contributed by atoms with Gasteiger partial charge in [0.15, 0.2) is 0 Å². The average Bonchev–Trinajstić information content (AvgIpc) is 3.55. The Hall–Kier alpha value is -4.98. The van der Waals surface area contributed by atoms with Crippen LogP contribution in [0.1, 0.15) is 13.8 Å². The lowest BCUT2D eigenvalue weighted by Crippen LogP contribution is -2.00. The first-order valence-corrected chi connectivity index (χ1v) is 11.2. The molecule has 0 saturated carbocycles. The number of rotatable bonds is 6. The third-order valence-electron chi connectivity index (χ3n) is 5.46. The lowest BCUT2D eigenvalue weighted by molar-refractivity contribution is -0.132. The predicted molar refractivity (Wildman–Crippen MR) is 135 cm³/mol. The van der Waals surface area contributed by atoms with Crippen LogP contribution in [-0.2, 0) is 9.59 Å². The van der Waals surface area contributed by atoms with Crippen LogP contribution in [0.15, 0.2) is 84.9 Å². The van der Waals surface area contributed by atoms with Crippen LogP contribution in [0.5, 0.6) is 11.5 Å². The Balaban J connectivity index is 1.35. The molecule has 5 aromatic rings. The molecule has 5 rings (SSSR count). The minimum absolute atomic E-state index is 0.354. The highest BCUT2D eigenvalue weighted by Crippen LogP contribution is 2.30. The van der Waals surface area contributed by atoms with E-state index in [1.54, 1.807) is 24.3 Å². The number of carbonyl (C=O) groups is 2. The fourth-order valence-electron chi connectivity index (χ4n) is 3.81. The molecule has 0 atom stereocenters. The van der Waals surface area contributed by atoms with Crippen molar-refractivity contribution in [1.82, 2.24) is 20.4 Å². The van der Waals surface area contributed by atoms with Gasteiger partial charge in [0.05, 0.1) is 22.8 Å². The third kappa shape index (κ3) is 5.07. The minimum Gasteiger partial charge on any atom is -0.427 e. The van der Waals surface area contributed by atoms with Crippen molar-refractivity contribution < 1.29 is 19.1 Å². The second-order valence-corrected chi connectivity index (χ2v) is 8.15. The molecule has 0 radical (unpaired) electrons. The number of nitrogens with zero attached hydrogens (tertiary/aromatic N) is 2. The van der Waals surface area contributed by atoms with Crippen LogP contribution in [-0.4, -0.2) is 32.3 Å². The van der Waals surface area contributed by atoms with Gasteiger partial charge in [-0.2, -0.15) is 10.2 Å². The molecule has 0 amide bonds. The van der Waals surface area contributed by atoms with E-state index >= 15 is 0 Å². The standard InChI is InChI=1S/C28H22N4O4/c1-17(33)35-23-10-6-19(7-11-23)25-15-27(31-29-25)21-4-3-5-22(14-21)28-16-26(30-32-28)20-8-12-24(13-9-20)36-18(2)34/h3-16H,1-2H3,(H,29,31)(H,30,32). The van der Waals surface area contributed by atoms with Crippen LogP contribution in [0, 0.1) is 0 Å². The van der Waals surface area contributed by atoms with Gasteiger partial charge in [-0.25, -0.2) is 0 Å². The number of H-pyrrole nitrogens is 2. The number of aromatic nitrogens is 4. The molecule has 2 N–H and O–H groups in total. The van der Waals surface area contributed by atoms with Crippen molar-refractivity contribution in [1.29, 1.82) is 0 Å². The first-order chi connectivity index (χ1) is 17.4. The van der Waals surface area contributed by atoms with E-state index in [-0.39, 0.29) is 11.9 Å². The highest BCUT2D eigenvalue weighted by atomic mass is 16.5. The molecule has 0 spiro atoms. The average molecular weight is 479 g/mol. The van der Waals surface area contributed by atoms with Gasteiger partial charge in [0.2, 0.25) is 0 Å². The van der Waals surface area contributed by atoms with Crippen molar-refractivity contribution in [3.05, 3.63) is 84.9 Å². The Morgan fingerprint density at radius 2 is 1.00 bits per heavy atom. The summed E-state index contributed by atoms with van der Waals surface area (Å²) >= 11 is 0. The second kappa shape index (κ2) is 9.71. The monoisotopic (exact) mass is 478 g/mol. The zero-order valence-corrected chi connectivity index (χ0v) is 19.6. The third-order valence-corrected chi connectivity index (χ3v) is 5.46. The summed E-state index contributed by atoms with van der Waals surface area (Å²) in [4.78, 5) is 22.2. The lowest BCUT2D eigenvalue weighted by Gasteiger charge is -2.02. The number of aromatic amines is 2. The quantitative estimate of drug-likeness (QED) is 0.241. The normalized spacial score (nSPS) is 10.7. The summed E-state index contributed by atoms with van der Waals surface area (Å²) in [7, 11) is 0. The zero-order valence-electron chi connectivity index (χ0n) is 19.6. The molecule has 0 fully saturated rings. The molecular formula is C28H22N4O4. The van der Waals surface area contributed by atoms with Crippen LogP contribution in [0.4, 0.5) is 0 Å². The number of carbonyl (C=O) groups excluding carboxylic acids is 2. The molecule has 2 heterocycles. The number of benzene rings is 3. The predicted octanol–water partition coefficient (Wildman–Crippen LogP) is 5.65. The van der Waals surface area contributed by atoms with E-state index in [4.69, 9.17) is 9.47 Å². The van der Waals surface area contributed by atoms with E-state index in [9.17, 15) is 9.59 Å². The summed E-state index contributed by atoms with van der Waals surface area (Å²) in [6.07, 6.45) is 0. The smallest absolute Gasteiger partial charge is 0.308 e. The lowest BCUT2D eigenvalue weighted by atomic mass is 10.0. The van der Waals surface area contributed by atoms with E-state index < -0.39 is 0 Å². The zero-order chi connectivity index (χ0) is 25.1. The van der Waals surface area contributed by atoms with E-state index in [2.05, 4.69) is 20.4 Å². The second-order valence-electron chi connectivity index (χ2n) is 8.15. The maximum Gasteiger partial charge on any atom is 0.308 e. The van der Waals surface area contributed by atoms with Gasteiger partial charge in [-0.1, -0.05) is 18.2 Å². The Morgan fingerprint density at radius 3 is 1.39 bits per heavy atom. The van der Waals surface area contributed by atoms with Crippen molar-refractivity contribution in [3.63, 3.8) is 0 Å². The highest BCUT2D eigenvalue weighted by Gasteiger charge is 2.11. The molecule has 0 saturated heterocycles.